The third-order valence-corrected chi connectivity index (χ3v) is 2.03. The van der Waals surface area contributed by atoms with Crippen LogP contribution in [0.4, 0.5) is 0 Å². The van der Waals surface area contributed by atoms with Crippen LogP contribution in [-0.4, -0.2) is 21.1 Å². The summed E-state index contributed by atoms with van der Waals surface area (Å²) in [5.74, 6) is 0. The molecular formula is C11H12N4. The van der Waals surface area contributed by atoms with Gasteiger partial charge in [-0.1, -0.05) is 30.3 Å². The van der Waals surface area contributed by atoms with Crippen molar-refractivity contribution in [1.82, 2.24) is 14.9 Å². The molecule has 0 radical (unpaired) electrons. The van der Waals surface area contributed by atoms with E-state index >= 15 is 0 Å². The molecule has 0 spiro atoms. The molecule has 2 aromatic rings. The summed E-state index contributed by atoms with van der Waals surface area (Å²) in [7, 11) is 0. The predicted molar refractivity (Wildman–Crippen MR) is 58.7 cm³/mol. The minimum atomic E-state index is 0.919. The fourth-order valence-corrected chi connectivity index (χ4v) is 1.28. The molecule has 0 N–H and O–H groups in total. The Morgan fingerprint density at radius 2 is 1.87 bits per heavy atom. The Kier molecular flexibility index (Phi) is 3.22. The summed E-state index contributed by atoms with van der Waals surface area (Å²) < 4.78 is 1.59. The van der Waals surface area contributed by atoms with Crippen LogP contribution in [0.3, 0.4) is 0 Å². The normalized spacial score (nSPS) is 10.9. The summed E-state index contributed by atoms with van der Waals surface area (Å²) in [5, 5.41) is 11.5. The van der Waals surface area contributed by atoms with Crippen LogP contribution in [0.25, 0.3) is 0 Å². The minimum Gasteiger partial charge on any atom is -0.208 e. The van der Waals surface area contributed by atoms with E-state index in [0.717, 1.165) is 12.8 Å². The van der Waals surface area contributed by atoms with Crippen LogP contribution in [-0.2, 0) is 6.42 Å². The quantitative estimate of drug-likeness (QED) is 0.705. The minimum absolute atomic E-state index is 0.919. The molecular weight excluding hydrogens is 188 g/mol. The van der Waals surface area contributed by atoms with Gasteiger partial charge in [-0.2, -0.15) is 5.10 Å². The van der Waals surface area contributed by atoms with Crippen molar-refractivity contribution in [2.75, 3.05) is 0 Å². The van der Waals surface area contributed by atoms with E-state index in [0.29, 0.717) is 0 Å². The van der Waals surface area contributed by atoms with E-state index in [4.69, 9.17) is 0 Å². The number of rotatable bonds is 4. The summed E-state index contributed by atoms with van der Waals surface area (Å²) in [6, 6.07) is 10.4. The summed E-state index contributed by atoms with van der Waals surface area (Å²) >= 11 is 0. The van der Waals surface area contributed by atoms with Gasteiger partial charge in [0.1, 0.15) is 12.7 Å². The SMILES string of the molecule is C(/CCc1ccccc1)=N/n1cnnc1. The second kappa shape index (κ2) is 5.05. The Labute approximate surface area is 88.3 Å². The topological polar surface area (TPSA) is 43.1 Å². The van der Waals surface area contributed by atoms with Crippen molar-refractivity contribution in [2.24, 2.45) is 5.10 Å². The average Bonchev–Trinajstić information content (AvgIpc) is 2.79. The van der Waals surface area contributed by atoms with Gasteiger partial charge in [-0.3, -0.25) is 0 Å². The maximum absolute atomic E-state index is 4.15. The highest BCUT2D eigenvalue weighted by Crippen LogP contribution is 2.00. The molecule has 0 aliphatic heterocycles. The lowest BCUT2D eigenvalue weighted by atomic mass is 10.1. The molecule has 0 fully saturated rings. The number of hydrogen-bond donors (Lipinski definition) is 0. The second-order valence-corrected chi connectivity index (χ2v) is 3.16. The fraction of sp³-hybridized carbons (Fsp3) is 0.182. The number of hydrogen-bond acceptors (Lipinski definition) is 3. The molecule has 4 nitrogen and oxygen atoms in total. The molecule has 1 heterocycles. The van der Waals surface area contributed by atoms with E-state index in [1.165, 1.54) is 5.56 Å². The fourth-order valence-electron chi connectivity index (χ4n) is 1.28. The summed E-state index contributed by atoms with van der Waals surface area (Å²) in [6.07, 6.45) is 6.93. The maximum Gasteiger partial charge on any atom is 0.141 e. The Morgan fingerprint density at radius 1 is 1.13 bits per heavy atom. The highest BCUT2D eigenvalue weighted by molar-refractivity contribution is 5.57. The third kappa shape index (κ3) is 3.02. The zero-order valence-electron chi connectivity index (χ0n) is 8.32. The number of aromatic nitrogens is 3. The monoisotopic (exact) mass is 200 g/mol. The summed E-state index contributed by atoms with van der Waals surface area (Å²) in [6.45, 7) is 0. The van der Waals surface area contributed by atoms with Crippen molar-refractivity contribution in [3.63, 3.8) is 0 Å². The van der Waals surface area contributed by atoms with Gasteiger partial charge >= 0.3 is 0 Å². The molecule has 0 saturated heterocycles. The van der Waals surface area contributed by atoms with Crippen molar-refractivity contribution >= 4 is 6.21 Å². The molecule has 0 atom stereocenters. The Morgan fingerprint density at radius 3 is 2.60 bits per heavy atom. The lowest BCUT2D eigenvalue weighted by molar-refractivity contribution is 0.867. The van der Waals surface area contributed by atoms with Gasteiger partial charge in [0.25, 0.3) is 0 Å². The maximum atomic E-state index is 4.15. The zero-order valence-corrected chi connectivity index (χ0v) is 8.32. The highest BCUT2D eigenvalue weighted by Gasteiger charge is 1.89. The molecule has 0 aliphatic carbocycles. The van der Waals surface area contributed by atoms with Gasteiger partial charge in [0.2, 0.25) is 0 Å². The molecule has 0 bridgehead atoms. The lowest BCUT2D eigenvalue weighted by Gasteiger charge is -1.95. The molecule has 2 rings (SSSR count). The number of aryl methyl sites for hydroxylation is 1. The zero-order chi connectivity index (χ0) is 10.3. The molecule has 0 aliphatic rings. The van der Waals surface area contributed by atoms with E-state index in [1.54, 1.807) is 17.3 Å². The van der Waals surface area contributed by atoms with E-state index in [9.17, 15) is 0 Å². The first kappa shape index (κ1) is 9.58. The van der Waals surface area contributed by atoms with Crippen LogP contribution in [0, 0.1) is 0 Å². The van der Waals surface area contributed by atoms with Crippen LogP contribution in [0.1, 0.15) is 12.0 Å². The van der Waals surface area contributed by atoms with Gasteiger partial charge in [0.05, 0.1) is 0 Å². The van der Waals surface area contributed by atoms with Gasteiger partial charge in [-0.25, -0.2) is 4.68 Å². The molecule has 15 heavy (non-hydrogen) atoms. The Balaban J connectivity index is 1.80. The van der Waals surface area contributed by atoms with Crippen molar-refractivity contribution in [3.05, 3.63) is 48.5 Å². The van der Waals surface area contributed by atoms with Gasteiger partial charge in [-0.15, -0.1) is 10.2 Å². The van der Waals surface area contributed by atoms with Gasteiger partial charge < -0.3 is 0 Å². The average molecular weight is 200 g/mol. The van der Waals surface area contributed by atoms with Crippen molar-refractivity contribution in [1.29, 1.82) is 0 Å². The second-order valence-electron chi connectivity index (χ2n) is 3.16. The van der Waals surface area contributed by atoms with Gasteiger partial charge in [-0.05, 0) is 18.4 Å². The van der Waals surface area contributed by atoms with Crippen molar-refractivity contribution < 1.29 is 0 Å². The molecule has 1 aromatic heterocycles. The first-order valence-corrected chi connectivity index (χ1v) is 4.86. The van der Waals surface area contributed by atoms with Crippen LogP contribution in [0.15, 0.2) is 48.1 Å². The van der Waals surface area contributed by atoms with E-state index in [1.807, 2.05) is 24.4 Å². The Bertz CT molecular complexity index is 405. The van der Waals surface area contributed by atoms with Crippen molar-refractivity contribution in [2.45, 2.75) is 12.8 Å². The summed E-state index contributed by atoms with van der Waals surface area (Å²) in [5.41, 5.74) is 1.33. The molecule has 1 aromatic carbocycles. The molecule has 76 valence electrons. The standard InChI is InChI=1S/C11H12N4/c1-2-5-11(6-3-1)7-4-8-14-15-9-12-13-10-15/h1-3,5-6,8-10H,4,7H2/b14-8-. The van der Waals surface area contributed by atoms with Crippen molar-refractivity contribution in [3.8, 4) is 0 Å². The van der Waals surface area contributed by atoms with Crippen LogP contribution in [0.5, 0.6) is 0 Å². The first-order chi connectivity index (χ1) is 7.45. The lowest BCUT2D eigenvalue weighted by Crippen LogP contribution is -1.88. The van der Waals surface area contributed by atoms with E-state index in [2.05, 4.69) is 27.4 Å². The Hall–Kier alpha value is -1.97. The van der Waals surface area contributed by atoms with Gasteiger partial charge in [0, 0.05) is 6.21 Å². The van der Waals surface area contributed by atoms with Crippen LogP contribution < -0.4 is 0 Å². The molecule has 0 unspecified atom stereocenters. The number of nitrogens with zero attached hydrogens (tertiary/aromatic N) is 4. The highest BCUT2D eigenvalue weighted by atomic mass is 15.4. The first-order valence-electron chi connectivity index (χ1n) is 4.86. The summed E-state index contributed by atoms with van der Waals surface area (Å²) in [4.78, 5) is 0. The predicted octanol–water partition coefficient (Wildman–Crippen LogP) is 1.74. The van der Waals surface area contributed by atoms with Crippen LogP contribution in [0.2, 0.25) is 0 Å². The molecule has 0 saturated carbocycles. The van der Waals surface area contributed by atoms with Crippen LogP contribution >= 0.6 is 0 Å². The molecule has 0 amide bonds. The smallest absolute Gasteiger partial charge is 0.141 e. The van der Waals surface area contributed by atoms with E-state index in [-0.39, 0.29) is 0 Å². The third-order valence-electron chi connectivity index (χ3n) is 2.03. The van der Waals surface area contributed by atoms with Gasteiger partial charge in [0.15, 0.2) is 0 Å². The van der Waals surface area contributed by atoms with E-state index < -0.39 is 0 Å². The largest absolute Gasteiger partial charge is 0.208 e. The molecule has 4 heteroatoms. The number of benzene rings is 1.